The van der Waals surface area contributed by atoms with Crippen molar-refractivity contribution < 1.29 is 0 Å². The molecule has 0 saturated carbocycles. The van der Waals surface area contributed by atoms with E-state index < -0.39 is 0 Å². The van der Waals surface area contributed by atoms with Gasteiger partial charge >= 0.3 is 0 Å². The first-order valence-electron chi connectivity index (χ1n) is 3.53. The van der Waals surface area contributed by atoms with Gasteiger partial charge in [0, 0.05) is 7.05 Å². The third-order valence-corrected chi connectivity index (χ3v) is 1.77. The predicted molar refractivity (Wildman–Crippen MR) is 43.2 cm³/mol. The topological polar surface area (TPSA) is 30.7 Å². The SMILES string of the molecule is Cc1ccc2nnn(C)c2c1. The Labute approximate surface area is 64.6 Å². The van der Waals surface area contributed by atoms with E-state index in [1.165, 1.54) is 5.56 Å². The van der Waals surface area contributed by atoms with Crippen molar-refractivity contribution in [1.82, 2.24) is 15.0 Å². The molecule has 11 heavy (non-hydrogen) atoms. The molecule has 0 saturated heterocycles. The smallest absolute Gasteiger partial charge is 0.113 e. The van der Waals surface area contributed by atoms with Gasteiger partial charge < -0.3 is 0 Å². The lowest BCUT2D eigenvalue weighted by atomic mass is 10.2. The molecule has 2 aromatic rings. The lowest BCUT2D eigenvalue weighted by Crippen LogP contribution is -1.89. The monoisotopic (exact) mass is 147 g/mol. The van der Waals surface area contributed by atoms with E-state index in [0.717, 1.165) is 11.0 Å². The van der Waals surface area contributed by atoms with Crippen molar-refractivity contribution >= 4 is 11.0 Å². The van der Waals surface area contributed by atoms with E-state index >= 15 is 0 Å². The summed E-state index contributed by atoms with van der Waals surface area (Å²) in [7, 11) is 1.90. The van der Waals surface area contributed by atoms with E-state index in [2.05, 4.69) is 23.3 Å². The van der Waals surface area contributed by atoms with E-state index in [0.29, 0.717) is 0 Å². The van der Waals surface area contributed by atoms with Gasteiger partial charge in [-0.1, -0.05) is 11.3 Å². The maximum atomic E-state index is 3.97. The zero-order valence-electron chi connectivity index (χ0n) is 6.57. The van der Waals surface area contributed by atoms with Crippen LogP contribution >= 0.6 is 0 Å². The van der Waals surface area contributed by atoms with Crippen molar-refractivity contribution in [3.8, 4) is 0 Å². The number of benzene rings is 1. The van der Waals surface area contributed by atoms with Crippen LogP contribution in [-0.4, -0.2) is 15.0 Å². The van der Waals surface area contributed by atoms with Crippen LogP contribution in [0.4, 0.5) is 0 Å². The van der Waals surface area contributed by atoms with Crippen molar-refractivity contribution in [2.24, 2.45) is 7.05 Å². The number of hydrogen-bond donors (Lipinski definition) is 0. The van der Waals surface area contributed by atoms with Gasteiger partial charge in [0.15, 0.2) is 0 Å². The summed E-state index contributed by atoms with van der Waals surface area (Å²) in [6, 6.07) is 6.10. The third kappa shape index (κ3) is 0.888. The largest absolute Gasteiger partial charge is 0.248 e. The zero-order chi connectivity index (χ0) is 7.84. The first kappa shape index (κ1) is 6.34. The molecule has 0 aliphatic carbocycles. The Bertz CT molecular complexity index is 389. The quantitative estimate of drug-likeness (QED) is 0.562. The number of aryl methyl sites for hydroxylation is 2. The molecule has 3 nitrogen and oxygen atoms in total. The highest BCUT2D eigenvalue weighted by Crippen LogP contribution is 2.10. The molecule has 56 valence electrons. The Kier molecular flexibility index (Phi) is 1.18. The maximum Gasteiger partial charge on any atom is 0.113 e. The molecule has 3 heteroatoms. The highest BCUT2D eigenvalue weighted by molar-refractivity contribution is 5.74. The molecule has 0 fully saturated rings. The second-order valence-electron chi connectivity index (χ2n) is 2.71. The van der Waals surface area contributed by atoms with Crippen LogP contribution in [0.3, 0.4) is 0 Å². The molecule has 0 radical (unpaired) electrons. The minimum absolute atomic E-state index is 0.957. The molecule has 2 rings (SSSR count). The van der Waals surface area contributed by atoms with Crippen molar-refractivity contribution in [3.63, 3.8) is 0 Å². The first-order valence-corrected chi connectivity index (χ1v) is 3.53. The van der Waals surface area contributed by atoms with Gasteiger partial charge in [0.25, 0.3) is 0 Å². The third-order valence-electron chi connectivity index (χ3n) is 1.77. The standard InChI is InChI=1S/C8H9N3/c1-6-3-4-7-8(5-6)11(2)10-9-7/h3-5H,1-2H3. The van der Waals surface area contributed by atoms with Gasteiger partial charge in [-0.15, -0.1) is 5.10 Å². The number of fused-ring (bicyclic) bond motifs is 1. The molecular formula is C8H9N3. The van der Waals surface area contributed by atoms with E-state index in [9.17, 15) is 0 Å². The fraction of sp³-hybridized carbons (Fsp3) is 0.250. The highest BCUT2D eigenvalue weighted by atomic mass is 15.4. The molecule has 0 atom stereocenters. The summed E-state index contributed by atoms with van der Waals surface area (Å²) in [6.07, 6.45) is 0. The number of hydrogen-bond acceptors (Lipinski definition) is 2. The van der Waals surface area contributed by atoms with Gasteiger partial charge in [-0.05, 0) is 24.6 Å². The predicted octanol–water partition coefficient (Wildman–Crippen LogP) is 1.28. The van der Waals surface area contributed by atoms with Gasteiger partial charge in [0.1, 0.15) is 5.52 Å². The molecule has 0 bridgehead atoms. The molecule has 0 aliphatic rings. The van der Waals surface area contributed by atoms with Crippen LogP contribution in [-0.2, 0) is 7.05 Å². The Morgan fingerprint density at radius 1 is 1.36 bits per heavy atom. The van der Waals surface area contributed by atoms with E-state index in [-0.39, 0.29) is 0 Å². The van der Waals surface area contributed by atoms with Gasteiger partial charge in [0.2, 0.25) is 0 Å². The maximum absolute atomic E-state index is 3.97. The van der Waals surface area contributed by atoms with Crippen molar-refractivity contribution in [1.29, 1.82) is 0 Å². The molecule has 1 aromatic heterocycles. The minimum Gasteiger partial charge on any atom is -0.248 e. The molecule has 0 amide bonds. The highest BCUT2D eigenvalue weighted by Gasteiger charge is 1.98. The van der Waals surface area contributed by atoms with Crippen LogP contribution in [0.2, 0.25) is 0 Å². The average molecular weight is 147 g/mol. The lowest BCUT2D eigenvalue weighted by molar-refractivity contribution is 0.736. The zero-order valence-corrected chi connectivity index (χ0v) is 6.57. The Balaban J connectivity index is 2.87. The summed E-state index contributed by atoms with van der Waals surface area (Å²) < 4.78 is 1.78. The van der Waals surface area contributed by atoms with Gasteiger partial charge in [-0.25, -0.2) is 4.68 Å². The van der Waals surface area contributed by atoms with Crippen molar-refractivity contribution in [2.45, 2.75) is 6.92 Å². The number of aromatic nitrogens is 3. The number of rotatable bonds is 0. The first-order chi connectivity index (χ1) is 5.27. The summed E-state index contributed by atoms with van der Waals surface area (Å²) in [5.41, 5.74) is 3.28. The summed E-state index contributed by atoms with van der Waals surface area (Å²) in [6.45, 7) is 2.06. The Hall–Kier alpha value is -1.38. The summed E-state index contributed by atoms with van der Waals surface area (Å²) in [5.74, 6) is 0. The summed E-state index contributed by atoms with van der Waals surface area (Å²) in [5, 5.41) is 7.88. The number of nitrogens with zero attached hydrogens (tertiary/aromatic N) is 3. The van der Waals surface area contributed by atoms with E-state index in [1.807, 2.05) is 19.2 Å². The van der Waals surface area contributed by atoms with E-state index in [4.69, 9.17) is 0 Å². The second kappa shape index (κ2) is 2.05. The second-order valence-corrected chi connectivity index (χ2v) is 2.71. The van der Waals surface area contributed by atoms with Crippen molar-refractivity contribution in [2.75, 3.05) is 0 Å². The van der Waals surface area contributed by atoms with Crippen LogP contribution < -0.4 is 0 Å². The Morgan fingerprint density at radius 3 is 3.00 bits per heavy atom. The van der Waals surface area contributed by atoms with Crippen molar-refractivity contribution in [3.05, 3.63) is 23.8 Å². The fourth-order valence-electron chi connectivity index (χ4n) is 1.14. The van der Waals surface area contributed by atoms with Crippen LogP contribution in [0.1, 0.15) is 5.56 Å². The molecule has 1 heterocycles. The molecule has 1 aromatic carbocycles. The average Bonchev–Trinajstić information content (AvgIpc) is 2.33. The Morgan fingerprint density at radius 2 is 2.18 bits per heavy atom. The van der Waals surface area contributed by atoms with E-state index in [1.54, 1.807) is 4.68 Å². The normalized spacial score (nSPS) is 10.7. The minimum atomic E-state index is 0.957. The molecule has 0 N–H and O–H groups in total. The molecule has 0 aliphatic heterocycles. The molecule has 0 spiro atoms. The van der Waals surface area contributed by atoms with Gasteiger partial charge in [-0.2, -0.15) is 0 Å². The summed E-state index contributed by atoms with van der Waals surface area (Å²) >= 11 is 0. The van der Waals surface area contributed by atoms with Gasteiger partial charge in [0.05, 0.1) is 5.52 Å². The van der Waals surface area contributed by atoms with Crippen LogP contribution in [0, 0.1) is 6.92 Å². The molecular weight excluding hydrogens is 138 g/mol. The molecule has 0 unspecified atom stereocenters. The van der Waals surface area contributed by atoms with Crippen LogP contribution in [0.5, 0.6) is 0 Å². The van der Waals surface area contributed by atoms with Crippen LogP contribution in [0.15, 0.2) is 18.2 Å². The van der Waals surface area contributed by atoms with Gasteiger partial charge in [-0.3, -0.25) is 0 Å². The summed E-state index contributed by atoms with van der Waals surface area (Å²) in [4.78, 5) is 0. The fourth-order valence-corrected chi connectivity index (χ4v) is 1.14. The lowest BCUT2D eigenvalue weighted by Gasteiger charge is -1.92. The van der Waals surface area contributed by atoms with Crippen LogP contribution in [0.25, 0.3) is 11.0 Å².